The normalized spacial score (nSPS) is 28.9. The zero-order chi connectivity index (χ0) is 44.0. The Labute approximate surface area is 346 Å². The van der Waals surface area contributed by atoms with Crippen molar-refractivity contribution in [2.45, 2.75) is 133 Å². The first-order valence-electron chi connectivity index (χ1n) is 20.2. The average Bonchev–Trinajstić information content (AvgIpc) is 4.05. The molecule has 60 heavy (non-hydrogen) atoms. The number of hydrogen-bond acceptors (Lipinski definition) is 10. The van der Waals surface area contributed by atoms with E-state index in [2.05, 4.69) is 15.6 Å². The molecule has 3 N–H and O–H groups in total. The molecule has 0 bridgehead atoms. The van der Waals surface area contributed by atoms with Crippen molar-refractivity contribution >= 4 is 44.6 Å². The lowest BCUT2D eigenvalue weighted by atomic mass is 9.88. The van der Waals surface area contributed by atoms with Crippen molar-refractivity contribution in [2.24, 2.45) is 17.8 Å². The Bertz CT molecular complexity index is 2130. The fourth-order valence-corrected chi connectivity index (χ4v) is 9.32. The molecule has 0 unspecified atom stereocenters. The molecule has 4 aliphatic rings. The predicted octanol–water partition coefficient (Wildman–Crippen LogP) is 5.64. The second-order valence-corrected chi connectivity index (χ2v) is 19.6. The molecule has 1 aromatic heterocycles. The summed E-state index contributed by atoms with van der Waals surface area (Å²) in [6.07, 6.45) is -2.79. The number of alkyl halides is 4. The highest BCUT2D eigenvalue weighted by Crippen LogP contribution is 2.48. The van der Waals surface area contributed by atoms with Crippen LogP contribution in [0.15, 0.2) is 42.5 Å². The molecule has 14 nitrogen and oxygen atoms in total. The van der Waals surface area contributed by atoms with E-state index in [1.54, 1.807) is 31.2 Å². The van der Waals surface area contributed by atoms with Crippen molar-refractivity contribution in [2.75, 3.05) is 13.2 Å². The van der Waals surface area contributed by atoms with Gasteiger partial charge in [-0.15, -0.1) is 0 Å². The molecule has 1 saturated heterocycles. The highest BCUT2D eigenvalue weighted by atomic mass is 32.2. The summed E-state index contributed by atoms with van der Waals surface area (Å²) in [5.74, 6) is -3.73. The summed E-state index contributed by atoms with van der Waals surface area (Å²) in [4.78, 5) is 62.2. The molecule has 2 aromatic rings. The second-order valence-electron chi connectivity index (χ2n) is 17.5. The van der Waals surface area contributed by atoms with Crippen LogP contribution in [-0.2, 0) is 29.1 Å². The molecule has 330 valence electrons. The summed E-state index contributed by atoms with van der Waals surface area (Å²) in [7, 11) is -4.47. The number of allylic oxidation sites excluding steroid dienone is 1. The number of ether oxygens (including phenoxy) is 3. The molecule has 4 amide bonds. The Morgan fingerprint density at radius 1 is 1.10 bits per heavy atom. The fraction of sp³-hybridized carbons (Fsp3) is 0.634. The first-order valence-corrected chi connectivity index (χ1v) is 21.7. The molecule has 19 heteroatoms. The maximum Gasteiger partial charge on any atom is 0.427 e. The van der Waals surface area contributed by atoms with E-state index in [0.717, 1.165) is 10.3 Å². The number of nitrogens with one attached hydrogen (secondary N) is 3. The lowest BCUT2D eigenvalue weighted by molar-refractivity contribution is -0.244. The molecule has 0 radical (unpaired) electrons. The minimum absolute atomic E-state index is 0.00989. The van der Waals surface area contributed by atoms with Gasteiger partial charge in [0.05, 0.1) is 12.6 Å². The lowest BCUT2D eigenvalue weighted by Gasteiger charge is -2.34. The van der Waals surface area contributed by atoms with Crippen LogP contribution in [0.1, 0.15) is 86.5 Å². The number of pyridine rings is 1. The van der Waals surface area contributed by atoms with Crippen molar-refractivity contribution in [1.29, 1.82) is 0 Å². The number of benzene rings is 1. The van der Waals surface area contributed by atoms with Gasteiger partial charge in [-0.2, -0.15) is 18.2 Å². The molecular weight excluding hydrogens is 815 g/mol. The van der Waals surface area contributed by atoms with Crippen LogP contribution in [-0.4, -0.2) is 102 Å². The molecule has 3 heterocycles. The van der Waals surface area contributed by atoms with Crippen LogP contribution in [0.4, 0.5) is 22.4 Å². The van der Waals surface area contributed by atoms with Crippen LogP contribution < -0.4 is 24.8 Å². The summed E-state index contributed by atoms with van der Waals surface area (Å²) >= 11 is 0. The van der Waals surface area contributed by atoms with Gasteiger partial charge in [0.1, 0.15) is 35.1 Å². The summed E-state index contributed by atoms with van der Waals surface area (Å²) < 4.78 is 99.0. The van der Waals surface area contributed by atoms with E-state index >= 15 is 0 Å². The summed E-state index contributed by atoms with van der Waals surface area (Å²) in [6.45, 7) is 7.12. The smallest absolute Gasteiger partial charge is 0.427 e. The number of amides is 4. The number of alkyl carbamates (subject to hydrolysis) is 1. The molecule has 2 saturated carbocycles. The maximum absolute atomic E-state index is 14.8. The Kier molecular flexibility index (Phi) is 12.4. The van der Waals surface area contributed by atoms with Gasteiger partial charge in [-0.05, 0) is 89.5 Å². The molecule has 7 atom stereocenters. The van der Waals surface area contributed by atoms with Gasteiger partial charge in [-0.25, -0.2) is 17.6 Å². The zero-order valence-corrected chi connectivity index (χ0v) is 35.3. The fourth-order valence-electron chi connectivity index (χ4n) is 7.89. The Balaban J connectivity index is 1.37. The highest BCUT2D eigenvalue weighted by molar-refractivity contribution is 7.91. The van der Waals surface area contributed by atoms with Gasteiger partial charge < -0.3 is 29.7 Å². The Morgan fingerprint density at radius 2 is 1.80 bits per heavy atom. The Morgan fingerprint density at radius 3 is 2.45 bits per heavy atom. The first kappa shape index (κ1) is 44.9. The van der Waals surface area contributed by atoms with E-state index in [9.17, 15) is 45.2 Å². The number of halogens is 4. The highest BCUT2D eigenvalue weighted by Gasteiger charge is 2.64. The third-order valence-corrected chi connectivity index (χ3v) is 14.0. The number of sulfonamides is 1. The predicted molar refractivity (Wildman–Crippen MR) is 211 cm³/mol. The van der Waals surface area contributed by atoms with Crippen LogP contribution in [0, 0.1) is 17.8 Å². The van der Waals surface area contributed by atoms with Crippen molar-refractivity contribution in [3.05, 3.63) is 42.5 Å². The van der Waals surface area contributed by atoms with Crippen molar-refractivity contribution < 1.29 is 59.4 Å². The number of carbonyl (C=O) groups excluding carboxylic acids is 4. The van der Waals surface area contributed by atoms with Crippen LogP contribution in [0.5, 0.6) is 11.8 Å². The average molecular weight is 868 g/mol. The minimum atomic E-state index is -4.93. The molecule has 0 spiro atoms. The van der Waals surface area contributed by atoms with Gasteiger partial charge >= 0.3 is 12.3 Å². The number of hydrogen-bond donors (Lipinski definition) is 3. The van der Waals surface area contributed by atoms with Gasteiger partial charge in [0, 0.05) is 23.8 Å². The number of rotatable bonds is 10. The summed E-state index contributed by atoms with van der Waals surface area (Å²) in [5, 5.41) is 6.41. The third-order valence-electron chi connectivity index (χ3n) is 11.9. The molecular formula is C41H53F4N5O9S. The molecule has 2 aliphatic heterocycles. The second kappa shape index (κ2) is 16.6. The monoisotopic (exact) mass is 867 g/mol. The lowest BCUT2D eigenvalue weighted by Crippen LogP contribution is -2.60. The van der Waals surface area contributed by atoms with E-state index in [4.69, 9.17) is 14.2 Å². The summed E-state index contributed by atoms with van der Waals surface area (Å²) in [5.41, 5.74) is -4.68. The molecule has 3 fully saturated rings. The van der Waals surface area contributed by atoms with Gasteiger partial charge in [0.25, 0.3) is 5.91 Å². The van der Waals surface area contributed by atoms with Gasteiger partial charge in [0.2, 0.25) is 39.2 Å². The van der Waals surface area contributed by atoms with E-state index < -0.39 is 92.6 Å². The zero-order valence-electron chi connectivity index (χ0n) is 34.4. The van der Waals surface area contributed by atoms with Gasteiger partial charge in [-0.1, -0.05) is 44.2 Å². The van der Waals surface area contributed by atoms with Crippen molar-refractivity contribution in [3.63, 3.8) is 0 Å². The third kappa shape index (κ3) is 9.29. The molecule has 2 aliphatic carbocycles. The Hall–Kier alpha value is -4.68. The van der Waals surface area contributed by atoms with Gasteiger partial charge in [-0.3, -0.25) is 19.1 Å². The van der Waals surface area contributed by atoms with E-state index in [0.29, 0.717) is 38.5 Å². The van der Waals surface area contributed by atoms with Crippen molar-refractivity contribution in [3.8, 4) is 11.8 Å². The molecule has 1 aromatic carbocycles. The van der Waals surface area contributed by atoms with Crippen LogP contribution in [0.2, 0.25) is 0 Å². The topological polar surface area (TPSA) is 182 Å². The number of fused-ring (bicyclic) bond motifs is 3. The van der Waals surface area contributed by atoms with Gasteiger partial charge in [0.15, 0.2) is 0 Å². The number of nitrogens with zero attached hydrogens (tertiary/aromatic N) is 2. The number of aromatic nitrogens is 1. The van der Waals surface area contributed by atoms with Crippen LogP contribution in [0.3, 0.4) is 0 Å². The largest absolute Gasteiger partial charge is 0.475 e. The van der Waals surface area contributed by atoms with Crippen LogP contribution in [0.25, 0.3) is 10.8 Å². The SMILES string of the molecule is CC(C)Oc1cc2ccccc2c(O[C@@H]2C[C@H]3C(=O)N[C@]4(C(=O)NS(=O)(=O)C5(CF)CC5)C[C@H]4/C=C\CC[C@@H](C)C[C@@H](C)[C@H](NC(=O)OC(C)(C)C(F)(F)F)C(=O)N3C2)n1. The quantitative estimate of drug-likeness (QED) is 0.200. The van der Waals surface area contributed by atoms with E-state index in [-0.39, 0.29) is 56.0 Å². The minimum Gasteiger partial charge on any atom is -0.475 e. The number of carbonyl (C=O) groups is 4. The maximum atomic E-state index is 14.8. The molecule has 6 rings (SSSR count). The van der Waals surface area contributed by atoms with E-state index in [1.165, 1.54) is 0 Å². The first-order chi connectivity index (χ1) is 28.0. The van der Waals surface area contributed by atoms with E-state index in [1.807, 2.05) is 43.7 Å². The summed E-state index contributed by atoms with van der Waals surface area (Å²) in [6, 6.07) is 6.05. The standard InChI is InChI=1S/C41H53F4N5O9S/c1-23(2)57-31-18-26-12-8-10-14-29(26)34(46-31)58-28-19-30-33(51)48-40(36(53)49-60(55,56)39(22-42)15-16-39)20-27(40)13-9-7-11-24(3)17-25(4)32(35(52)50(30)21-28)47-37(54)59-38(5,6)41(43,44)45/h8-10,12-14,18,23-25,27-28,30,32H,7,11,15-17,19-22H2,1-6H3,(H,47,54)(H,48,51)(H,49,53)/b13-9-/t24-,25-,27-,28-,30+,32+,40-/m1/s1. The van der Waals surface area contributed by atoms with Crippen molar-refractivity contribution in [1.82, 2.24) is 25.2 Å². The van der Waals surface area contributed by atoms with Crippen LogP contribution >= 0.6 is 0 Å².